The van der Waals surface area contributed by atoms with Gasteiger partial charge in [-0.05, 0) is 26.0 Å². The number of nitrogens with zero attached hydrogens (tertiary/aromatic N) is 4. The molecule has 0 spiro atoms. The zero-order valence-corrected chi connectivity index (χ0v) is 13.7. The minimum atomic E-state index is -0.816. The molecule has 0 bridgehead atoms. The molecule has 3 rings (SSSR count). The fourth-order valence-electron chi connectivity index (χ4n) is 2.74. The van der Waals surface area contributed by atoms with Crippen LogP contribution in [0.3, 0.4) is 0 Å². The molecular formula is C19H13N5O. The molecule has 0 amide bonds. The van der Waals surface area contributed by atoms with Crippen molar-refractivity contribution >= 4 is 17.0 Å². The summed E-state index contributed by atoms with van der Waals surface area (Å²) in [6, 6.07) is 9.80. The first kappa shape index (κ1) is 16.1. The van der Waals surface area contributed by atoms with Crippen LogP contribution in [0.1, 0.15) is 19.5 Å². The molecule has 0 radical (unpaired) electrons. The van der Waals surface area contributed by atoms with E-state index in [1.807, 2.05) is 24.3 Å². The highest BCUT2D eigenvalue weighted by molar-refractivity contribution is 5.86. The van der Waals surface area contributed by atoms with Crippen LogP contribution in [-0.4, -0.2) is 15.8 Å². The summed E-state index contributed by atoms with van der Waals surface area (Å²) in [6.07, 6.45) is 3.56. The number of benzene rings is 1. The number of hydrogen-bond donors (Lipinski definition) is 1. The fourth-order valence-corrected chi connectivity index (χ4v) is 2.74. The molecule has 2 aromatic rings. The molecule has 0 aliphatic carbocycles. The second-order valence-electron chi connectivity index (χ2n) is 5.88. The Bertz CT molecular complexity index is 1060. The maximum absolute atomic E-state index is 9.52. The molecule has 0 atom stereocenters. The van der Waals surface area contributed by atoms with E-state index in [0.717, 1.165) is 16.6 Å². The summed E-state index contributed by atoms with van der Waals surface area (Å²) in [5, 5.41) is 17.7. The smallest absolute Gasteiger partial charge is 0.485 e. The molecular weight excluding hydrogens is 314 g/mol. The number of nitrogens with one attached hydrogen (secondary N) is 1. The Labute approximate surface area is 145 Å². The van der Waals surface area contributed by atoms with Crippen molar-refractivity contribution in [2.24, 2.45) is 0 Å². The SMILES string of the molecule is [C-]#[N+]C([N+]#[C-])=C1OC(C)(C)C(/C=C/c2n[nH]c3ccccc23)=C1C#N. The van der Waals surface area contributed by atoms with E-state index < -0.39 is 5.60 Å². The summed E-state index contributed by atoms with van der Waals surface area (Å²) in [5.74, 6) is -0.192. The molecule has 0 saturated heterocycles. The normalized spacial score (nSPS) is 15.7. The Hall–Kier alpha value is -3.82. The second-order valence-corrected chi connectivity index (χ2v) is 5.88. The molecule has 1 aliphatic heterocycles. The predicted octanol–water partition coefficient (Wildman–Crippen LogP) is 4.21. The number of H-pyrrole nitrogens is 1. The van der Waals surface area contributed by atoms with Crippen molar-refractivity contribution in [1.82, 2.24) is 10.2 Å². The van der Waals surface area contributed by atoms with E-state index >= 15 is 0 Å². The van der Waals surface area contributed by atoms with E-state index in [9.17, 15) is 5.26 Å². The van der Waals surface area contributed by atoms with Crippen LogP contribution in [0.4, 0.5) is 0 Å². The molecule has 1 N–H and O–H groups in total. The van der Waals surface area contributed by atoms with E-state index in [1.165, 1.54) is 0 Å². The van der Waals surface area contributed by atoms with Crippen molar-refractivity contribution < 1.29 is 4.74 Å². The Morgan fingerprint density at radius 3 is 2.68 bits per heavy atom. The Morgan fingerprint density at radius 2 is 2.00 bits per heavy atom. The number of rotatable bonds is 2. The number of ether oxygens (including phenoxy) is 1. The van der Waals surface area contributed by atoms with E-state index in [0.29, 0.717) is 5.57 Å². The quantitative estimate of drug-likeness (QED) is 0.840. The van der Waals surface area contributed by atoms with Gasteiger partial charge in [0.2, 0.25) is 5.76 Å². The van der Waals surface area contributed by atoms with Crippen molar-refractivity contribution in [3.63, 3.8) is 0 Å². The fraction of sp³-hybridized carbons (Fsp3) is 0.158. The van der Waals surface area contributed by atoms with Crippen molar-refractivity contribution in [3.8, 4) is 6.07 Å². The van der Waals surface area contributed by atoms with Gasteiger partial charge in [0.15, 0.2) is 0 Å². The highest BCUT2D eigenvalue weighted by Gasteiger charge is 2.41. The molecule has 1 aromatic heterocycles. The zero-order chi connectivity index (χ0) is 18.0. The van der Waals surface area contributed by atoms with Crippen LogP contribution >= 0.6 is 0 Å². The van der Waals surface area contributed by atoms with E-state index in [4.69, 9.17) is 17.9 Å². The third kappa shape index (κ3) is 2.65. The van der Waals surface area contributed by atoms with Gasteiger partial charge in [-0.3, -0.25) is 5.10 Å². The van der Waals surface area contributed by atoms with E-state index in [-0.39, 0.29) is 17.2 Å². The molecule has 0 fully saturated rings. The first-order valence-corrected chi connectivity index (χ1v) is 7.46. The van der Waals surface area contributed by atoms with Crippen molar-refractivity contribution in [1.29, 1.82) is 5.26 Å². The van der Waals surface area contributed by atoms with Gasteiger partial charge in [0.05, 0.1) is 16.8 Å². The average molecular weight is 327 g/mol. The van der Waals surface area contributed by atoms with Gasteiger partial charge in [-0.2, -0.15) is 20.1 Å². The number of para-hydroxylation sites is 1. The number of nitriles is 1. The number of hydrogen-bond acceptors (Lipinski definition) is 3. The summed E-state index contributed by atoms with van der Waals surface area (Å²) >= 11 is 0. The summed E-state index contributed by atoms with van der Waals surface area (Å²) in [7, 11) is 0. The molecule has 1 aliphatic rings. The van der Waals surface area contributed by atoms with Gasteiger partial charge >= 0.3 is 5.82 Å². The average Bonchev–Trinajstić information content (AvgIpc) is 3.12. The van der Waals surface area contributed by atoms with E-state index in [1.54, 1.807) is 26.0 Å². The van der Waals surface area contributed by atoms with Gasteiger partial charge in [-0.1, -0.05) is 24.3 Å². The molecule has 6 nitrogen and oxygen atoms in total. The summed E-state index contributed by atoms with van der Waals surface area (Å²) in [4.78, 5) is 6.32. The first-order chi connectivity index (χ1) is 12.0. The van der Waals surface area contributed by atoms with Crippen LogP contribution in [0.2, 0.25) is 0 Å². The van der Waals surface area contributed by atoms with Gasteiger partial charge < -0.3 is 4.74 Å². The van der Waals surface area contributed by atoms with Crippen molar-refractivity contribution in [2.75, 3.05) is 0 Å². The van der Waals surface area contributed by atoms with Gasteiger partial charge in [-0.15, -0.1) is 0 Å². The lowest BCUT2D eigenvalue weighted by Gasteiger charge is -2.20. The second kappa shape index (κ2) is 6.00. The highest BCUT2D eigenvalue weighted by atomic mass is 16.5. The Kier molecular flexibility index (Phi) is 3.85. The van der Waals surface area contributed by atoms with Gasteiger partial charge in [0.1, 0.15) is 24.8 Å². The summed E-state index contributed by atoms with van der Waals surface area (Å²) in [5.41, 5.74) is 1.67. The number of aromatic nitrogens is 2. The number of fused-ring (bicyclic) bond motifs is 1. The molecule has 120 valence electrons. The van der Waals surface area contributed by atoms with Crippen LogP contribution in [0, 0.1) is 24.5 Å². The summed E-state index contributed by atoms with van der Waals surface area (Å²) < 4.78 is 5.74. The topological polar surface area (TPSA) is 70.4 Å². The molecule has 0 unspecified atom stereocenters. The standard InChI is InChI=1S/C19H13N5O/c1-19(2)14(13(11-20)17(25-19)18(21-3)22-4)9-10-16-12-7-5-6-8-15(12)23-24-16/h5-10H,1-2H3,(H,23,24)/b10-9+. The number of allylic oxidation sites excluding steroid dienone is 1. The minimum absolute atomic E-state index is 0.0454. The first-order valence-electron chi connectivity index (χ1n) is 7.46. The van der Waals surface area contributed by atoms with Gasteiger partial charge in [0.25, 0.3) is 0 Å². The monoisotopic (exact) mass is 327 g/mol. The largest absolute Gasteiger partial charge is 0.563 e. The lowest BCUT2D eigenvalue weighted by molar-refractivity contribution is 0.0951. The minimum Gasteiger partial charge on any atom is -0.485 e. The van der Waals surface area contributed by atoms with Crippen LogP contribution in [0.25, 0.3) is 26.7 Å². The summed E-state index contributed by atoms with van der Waals surface area (Å²) in [6.45, 7) is 17.8. The van der Waals surface area contributed by atoms with Crippen molar-refractivity contribution in [3.05, 3.63) is 81.6 Å². The maximum Gasteiger partial charge on any atom is 0.563 e. The van der Waals surface area contributed by atoms with Crippen LogP contribution in [0.15, 0.2) is 53.1 Å². The molecule has 6 heteroatoms. The zero-order valence-electron chi connectivity index (χ0n) is 13.7. The molecule has 25 heavy (non-hydrogen) atoms. The third-order valence-electron chi connectivity index (χ3n) is 3.94. The van der Waals surface area contributed by atoms with Crippen LogP contribution in [0.5, 0.6) is 0 Å². The third-order valence-corrected chi connectivity index (χ3v) is 3.94. The van der Waals surface area contributed by atoms with Crippen molar-refractivity contribution in [2.45, 2.75) is 19.4 Å². The molecule has 1 aromatic carbocycles. The molecule has 2 heterocycles. The lowest BCUT2D eigenvalue weighted by atomic mass is 9.95. The van der Waals surface area contributed by atoms with Crippen LogP contribution < -0.4 is 0 Å². The molecule has 0 saturated carbocycles. The lowest BCUT2D eigenvalue weighted by Crippen LogP contribution is -2.20. The predicted molar refractivity (Wildman–Crippen MR) is 93.2 cm³/mol. The van der Waals surface area contributed by atoms with Gasteiger partial charge in [0, 0.05) is 11.0 Å². The van der Waals surface area contributed by atoms with E-state index in [2.05, 4.69) is 26.0 Å². The Morgan fingerprint density at radius 1 is 1.28 bits per heavy atom. The van der Waals surface area contributed by atoms with Gasteiger partial charge in [-0.25, -0.2) is 0 Å². The van der Waals surface area contributed by atoms with Crippen LogP contribution in [-0.2, 0) is 4.74 Å². The maximum atomic E-state index is 9.52. The highest BCUT2D eigenvalue weighted by Crippen LogP contribution is 2.41. The Balaban J connectivity index is 2.13. The number of aromatic amines is 1.